The maximum Gasteiger partial charge on any atom is 0.416 e. The lowest BCUT2D eigenvalue weighted by atomic mass is 9.97. The number of halogens is 14. The Balaban J connectivity index is 0.000000107. The zero-order chi connectivity index (χ0) is 97.5. The van der Waals surface area contributed by atoms with Crippen molar-refractivity contribution >= 4 is 108 Å². The Morgan fingerprint density at radius 1 is 0.293 bits per heavy atom. The maximum atomic E-state index is 14.4. The van der Waals surface area contributed by atoms with E-state index in [1.54, 1.807) is 31.5 Å². The molecule has 18 aromatic rings. The highest BCUT2D eigenvalue weighted by molar-refractivity contribution is 9.10. The molecule has 6 aromatic heterocycles. The second-order valence-corrected chi connectivity index (χ2v) is 35.2. The second-order valence-electron chi connectivity index (χ2n) is 32.2. The van der Waals surface area contributed by atoms with E-state index in [0.29, 0.717) is 91.4 Å². The molecule has 0 amide bonds. The number of aryl methyl sites for hydroxylation is 5. The van der Waals surface area contributed by atoms with E-state index in [-0.39, 0.29) is 47.1 Å². The summed E-state index contributed by atoms with van der Waals surface area (Å²) in [5.41, 5.74) is 15.5. The van der Waals surface area contributed by atoms with Gasteiger partial charge in [-0.25, -0.2) is 26.9 Å². The minimum atomic E-state index is -4.62. The Hall–Kier alpha value is -15.1. The largest absolute Gasteiger partial charge is 0.416 e. The molecule has 0 fully saturated rings. The van der Waals surface area contributed by atoms with Crippen LogP contribution in [0, 0.1) is 63.7 Å². The first kappa shape index (κ1) is 93.9. The number of alkyl halides is 3. The van der Waals surface area contributed by atoms with Gasteiger partial charge in [0.05, 0.1) is 104 Å². The van der Waals surface area contributed by atoms with Crippen LogP contribution in [0.5, 0.6) is 0 Å². The third kappa shape index (κ3) is 18.8. The molecule has 0 saturated heterocycles. The van der Waals surface area contributed by atoms with Crippen LogP contribution in [0.1, 0.15) is 136 Å². The zero-order valence-corrected chi connectivity index (χ0v) is 79.6. The van der Waals surface area contributed by atoms with Crippen molar-refractivity contribution in [3.05, 3.63) is 462 Å². The number of imidazole rings is 1. The molecule has 0 aliphatic carbocycles. The average Bonchev–Trinajstić information content (AvgIpc) is 1.60. The third-order valence-electron chi connectivity index (χ3n) is 23.4. The first-order chi connectivity index (χ1) is 67.7. The highest BCUT2D eigenvalue weighted by atomic mass is 79.9. The van der Waals surface area contributed by atoms with Gasteiger partial charge >= 0.3 is 6.18 Å². The van der Waals surface area contributed by atoms with E-state index in [1.807, 2.05) is 208 Å². The number of aliphatic imine (C=N–C) groups is 6. The molecule has 0 radical (unpaired) electrons. The Labute approximate surface area is 827 Å². The molecule has 37 heteroatoms. The van der Waals surface area contributed by atoms with Crippen LogP contribution in [-0.4, -0.2) is 118 Å². The minimum absolute atomic E-state index is 0.0459. The van der Waals surface area contributed by atoms with Gasteiger partial charge in [-0.05, 0) is 186 Å². The Bertz CT molecular complexity index is 7920. The Kier molecular flexibility index (Phi) is 26.7. The van der Waals surface area contributed by atoms with E-state index in [4.69, 9.17) is 73.0 Å². The lowest BCUT2D eigenvalue weighted by Crippen LogP contribution is -2.14. The second kappa shape index (κ2) is 39.8. The summed E-state index contributed by atoms with van der Waals surface area (Å²) < 4.78 is 124. The van der Waals surface area contributed by atoms with Crippen LogP contribution in [0.15, 0.2) is 302 Å². The van der Waals surface area contributed by atoms with Crippen LogP contribution in [0.3, 0.4) is 0 Å². The van der Waals surface area contributed by atoms with Gasteiger partial charge in [0.25, 0.3) is 0 Å². The van der Waals surface area contributed by atoms with Gasteiger partial charge in [-0.3, -0.25) is 57.4 Å². The number of benzene rings is 12. The van der Waals surface area contributed by atoms with E-state index >= 15 is 0 Å². The molecule has 0 spiro atoms. The number of hydrogen-bond acceptors (Lipinski definition) is 17. The lowest BCUT2D eigenvalue weighted by Gasteiger charge is -2.16. The smallest absolute Gasteiger partial charge is 0.298 e. The van der Waals surface area contributed by atoms with Crippen molar-refractivity contribution in [1.29, 1.82) is 0 Å². The van der Waals surface area contributed by atoms with Gasteiger partial charge in [0.1, 0.15) is 97.3 Å². The standard InChI is InChI=1S/C18H13ClFN3.C18H11F5N4.C17H11BrF2N4.C17H12Cl2N4.C17H13ClN4.C16H11ClN4/c1-11-21-9-13-10-22-18(14-4-2-3-5-16(14)20)15-8-12(19)6-7-17(15)23(11)13;1-9-25-26-15-8-24-17(16-12(19)3-2-4-13(16)20)11-7-10(18(21,22)23)5-6-14(11)27(9)15;1-9-22-23-15-8-21-17(16-12(19)3-2-4-13(16)20)11-7-10(18)5-6-14(11)24(9)15;1-10-21-22-16-9-20-17(12-4-2-3-5-14(12)19)13-8-11(18)6-7-15(13)23(10)16;1-11-20-21-16-10-19-17(12-5-3-2-4-6-12)14-9-13(18)7-8-15(14)22(11)16;17-12-6-7-14-13(8-12)16(11-4-2-1-3-5-11)18-9-15-20-19-10-21(14)15/h2-9H,10H2,1H3;2-7H,8H2,1H3;2-7H,8H2,1H3;2-8H,9H2,1H3;2-9H,10H2,1H3;1-8,10H,9H2. The summed E-state index contributed by atoms with van der Waals surface area (Å²) in [6, 6.07) is 73.1. The van der Waals surface area contributed by atoms with Gasteiger partial charge in [-0.15, -0.1) is 51.0 Å². The van der Waals surface area contributed by atoms with Crippen LogP contribution in [0.4, 0.5) is 35.1 Å². The quantitative estimate of drug-likeness (QED) is 0.142. The fraction of sp³-hybridized carbons (Fsp3) is 0.117. The van der Waals surface area contributed by atoms with Gasteiger partial charge in [0, 0.05) is 85.2 Å². The van der Waals surface area contributed by atoms with Gasteiger partial charge in [0.2, 0.25) is 0 Å². The van der Waals surface area contributed by atoms with Gasteiger partial charge in [0.15, 0.2) is 29.1 Å². The maximum absolute atomic E-state index is 14.4. The summed E-state index contributed by atoms with van der Waals surface area (Å²) >= 11 is 34.6. The van der Waals surface area contributed by atoms with Crippen molar-refractivity contribution in [2.45, 2.75) is 80.1 Å². The molecule has 24 rings (SSSR count). The number of hydrogen-bond donors (Lipinski definition) is 0. The van der Waals surface area contributed by atoms with E-state index in [1.165, 1.54) is 41.0 Å². The minimum Gasteiger partial charge on any atom is -0.298 e. The first-order valence-corrected chi connectivity index (χ1v) is 45.9. The number of rotatable bonds is 6. The van der Waals surface area contributed by atoms with Crippen LogP contribution >= 0.6 is 73.9 Å². The highest BCUT2D eigenvalue weighted by Crippen LogP contribution is 2.40. The van der Waals surface area contributed by atoms with E-state index < -0.39 is 40.6 Å². The summed E-state index contributed by atoms with van der Waals surface area (Å²) in [4.78, 5) is 31.9. The predicted molar refractivity (Wildman–Crippen MR) is 526 cm³/mol. The van der Waals surface area contributed by atoms with E-state index in [2.05, 4.69) is 111 Å². The fourth-order valence-electron chi connectivity index (χ4n) is 17.1. The molecular formula is C103H71BrCl5F8N23. The van der Waals surface area contributed by atoms with Crippen LogP contribution < -0.4 is 0 Å². The van der Waals surface area contributed by atoms with Crippen molar-refractivity contribution in [2.24, 2.45) is 30.0 Å². The van der Waals surface area contributed by atoms with Crippen LogP contribution in [-0.2, 0) is 45.4 Å². The summed E-state index contributed by atoms with van der Waals surface area (Å²) in [5, 5.41) is 44.3. The predicted octanol–water partition coefficient (Wildman–Crippen LogP) is 23.6. The van der Waals surface area contributed by atoms with Crippen molar-refractivity contribution in [1.82, 2.24) is 83.4 Å². The van der Waals surface area contributed by atoms with E-state index in [9.17, 15) is 35.1 Å². The van der Waals surface area contributed by atoms with Gasteiger partial charge in [-0.2, -0.15) is 13.2 Å². The first-order valence-electron chi connectivity index (χ1n) is 43.2. The Morgan fingerprint density at radius 3 is 1.10 bits per heavy atom. The van der Waals surface area contributed by atoms with Crippen LogP contribution in [0.2, 0.25) is 25.1 Å². The van der Waals surface area contributed by atoms with Crippen molar-refractivity contribution in [3.8, 4) is 34.1 Å². The molecular weight excluding hydrogens is 1970 g/mol. The monoisotopic (exact) mass is 2040 g/mol. The Morgan fingerprint density at radius 2 is 0.643 bits per heavy atom. The van der Waals surface area contributed by atoms with Crippen molar-refractivity contribution in [2.75, 3.05) is 0 Å². The molecule has 23 nitrogen and oxygen atoms in total. The molecule has 6 aliphatic heterocycles. The summed E-state index contributed by atoms with van der Waals surface area (Å²) in [6.45, 7) is 11.3. The molecule has 6 aliphatic rings. The summed E-state index contributed by atoms with van der Waals surface area (Å²) in [7, 11) is 0. The van der Waals surface area contributed by atoms with Gasteiger partial charge in [-0.1, -0.05) is 177 Å². The van der Waals surface area contributed by atoms with Crippen molar-refractivity contribution < 1.29 is 35.1 Å². The average molecular weight is 2040 g/mol. The normalized spacial score (nSPS) is 13.2. The van der Waals surface area contributed by atoms with Gasteiger partial charge < -0.3 is 0 Å². The number of aromatic nitrogens is 17. The molecule has 0 saturated carbocycles. The molecule has 0 N–H and O–H groups in total. The molecule has 696 valence electrons. The topological polar surface area (TPSA) is 246 Å². The third-order valence-corrected chi connectivity index (χ3v) is 25.1. The van der Waals surface area contributed by atoms with E-state index in [0.717, 1.165) is 154 Å². The van der Waals surface area contributed by atoms with Crippen molar-refractivity contribution in [3.63, 3.8) is 0 Å². The number of nitrogens with zero attached hydrogens (tertiary/aromatic N) is 23. The van der Waals surface area contributed by atoms with Crippen LogP contribution in [0.25, 0.3) is 34.1 Å². The molecule has 12 aromatic carbocycles. The molecule has 140 heavy (non-hydrogen) atoms. The molecule has 0 atom stereocenters. The molecule has 0 bridgehead atoms. The zero-order valence-electron chi connectivity index (χ0n) is 74.2. The fourth-order valence-corrected chi connectivity index (χ4v) is 18.4. The SMILES string of the molecule is Cc1ncc2n1-c1ccc(Cl)cc1C(c1ccccc1F)=NC2.Cc1nnc2n1-c1ccc(Br)cc1C(c1c(F)cccc1F)=NC2.Cc1nnc2n1-c1ccc(C(F)(F)F)cc1C(c1c(F)cccc1F)=NC2.Cc1nnc2n1-c1ccc(Cl)cc1C(c1ccccc1)=NC2.Cc1nnc2n1-c1ccc(Cl)cc1C(c1ccccc1Cl)=NC2.Clc1ccc2c(c1)C(c1ccccc1)=NCc1nncn1-2. The summed E-state index contributed by atoms with van der Waals surface area (Å²) in [5.74, 6) is 3.71. The molecule has 12 heterocycles. The molecule has 0 unspecified atom stereocenters. The number of fused-ring (bicyclic) bond motifs is 18. The summed E-state index contributed by atoms with van der Waals surface area (Å²) in [6.07, 6.45) is -1.10. The lowest BCUT2D eigenvalue weighted by molar-refractivity contribution is -0.137. The highest BCUT2D eigenvalue weighted by Gasteiger charge is 2.36.